The molecule has 21 heavy (non-hydrogen) atoms. The van der Waals surface area contributed by atoms with E-state index in [1.54, 1.807) is 19.1 Å². The first kappa shape index (κ1) is 16.3. The van der Waals surface area contributed by atoms with Crippen molar-refractivity contribution in [3.05, 3.63) is 28.8 Å². The molecule has 0 saturated heterocycles. The zero-order valence-corrected chi connectivity index (χ0v) is 13.5. The molecule has 1 saturated carbocycles. The highest BCUT2D eigenvalue weighted by Gasteiger charge is 2.24. The monoisotopic (exact) mass is 326 g/mol. The second kappa shape index (κ2) is 6.80. The van der Waals surface area contributed by atoms with Crippen molar-refractivity contribution < 1.29 is 8.42 Å². The van der Waals surface area contributed by atoms with E-state index in [0.29, 0.717) is 24.2 Å². The second-order valence-electron chi connectivity index (χ2n) is 5.04. The van der Waals surface area contributed by atoms with Crippen LogP contribution in [0.3, 0.4) is 0 Å². The second-order valence-corrected chi connectivity index (χ2v) is 7.39. The van der Waals surface area contributed by atoms with Crippen molar-refractivity contribution in [3.63, 3.8) is 0 Å². The summed E-state index contributed by atoms with van der Waals surface area (Å²) in [5.41, 5.74) is 0.905. The molecule has 1 N–H and O–H groups in total. The van der Waals surface area contributed by atoms with Gasteiger partial charge >= 0.3 is 0 Å². The van der Waals surface area contributed by atoms with Crippen molar-refractivity contribution in [3.8, 4) is 12.3 Å². The zero-order valence-electron chi connectivity index (χ0n) is 12.0. The minimum atomic E-state index is -3.59. The fourth-order valence-corrected chi connectivity index (χ4v) is 3.69. The van der Waals surface area contributed by atoms with E-state index in [2.05, 4.69) is 11.2 Å². The summed E-state index contributed by atoms with van der Waals surface area (Å²) in [6.07, 6.45) is 7.61. The summed E-state index contributed by atoms with van der Waals surface area (Å²) in [6, 6.07) is 5.43. The molecule has 0 amide bonds. The fourth-order valence-electron chi connectivity index (χ4n) is 1.99. The average Bonchev–Trinajstić information content (AvgIpc) is 3.27. The third kappa shape index (κ3) is 3.98. The lowest BCUT2D eigenvalue weighted by molar-refractivity contribution is 0.464. The molecule has 114 valence electrons. The molecule has 0 aliphatic heterocycles. The Kier molecular flexibility index (Phi) is 5.28. The zero-order chi connectivity index (χ0) is 15.5. The number of hydrogen-bond donors (Lipinski definition) is 1. The van der Waals surface area contributed by atoms with E-state index in [1.807, 2.05) is 0 Å². The number of benzene rings is 1. The summed E-state index contributed by atoms with van der Waals surface area (Å²) in [5, 5.41) is 3.81. The molecule has 1 aromatic rings. The van der Waals surface area contributed by atoms with Crippen LogP contribution in [0.2, 0.25) is 5.02 Å². The number of terminal acetylenes is 1. The minimum Gasteiger partial charge on any atom is -0.310 e. The van der Waals surface area contributed by atoms with Gasteiger partial charge in [0.05, 0.1) is 11.4 Å². The molecule has 0 heterocycles. The van der Waals surface area contributed by atoms with E-state index in [1.165, 1.54) is 23.2 Å². The lowest BCUT2D eigenvalue weighted by Gasteiger charge is -2.18. The summed E-state index contributed by atoms with van der Waals surface area (Å²) >= 11 is 6.20. The summed E-state index contributed by atoms with van der Waals surface area (Å²) in [6.45, 7) is 2.80. The van der Waals surface area contributed by atoms with E-state index in [-0.39, 0.29) is 11.4 Å². The van der Waals surface area contributed by atoms with Crippen molar-refractivity contribution in [1.82, 2.24) is 9.62 Å². The van der Waals surface area contributed by atoms with Gasteiger partial charge in [-0.1, -0.05) is 30.5 Å². The Morgan fingerprint density at radius 2 is 2.19 bits per heavy atom. The standard InChI is InChI=1S/C15H19ClN2O2S/c1-3-9-18(4-2)21(19,20)14-8-5-12(15(16)10-14)11-17-13-6-7-13/h1,5,8,10,13,17H,4,6-7,9,11H2,2H3. The smallest absolute Gasteiger partial charge is 0.243 e. The van der Waals surface area contributed by atoms with E-state index in [9.17, 15) is 8.42 Å². The molecule has 0 aromatic heterocycles. The Morgan fingerprint density at radius 3 is 2.71 bits per heavy atom. The molecule has 1 fully saturated rings. The molecule has 0 atom stereocenters. The normalized spacial score (nSPS) is 15.1. The molecule has 1 aliphatic rings. The highest BCUT2D eigenvalue weighted by molar-refractivity contribution is 7.89. The van der Waals surface area contributed by atoms with Gasteiger partial charge in [0.25, 0.3) is 0 Å². The van der Waals surface area contributed by atoms with Gasteiger partial charge in [-0.05, 0) is 30.5 Å². The number of nitrogens with zero attached hydrogens (tertiary/aromatic N) is 1. The van der Waals surface area contributed by atoms with Crippen LogP contribution in [0.15, 0.2) is 23.1 Å². The van der Waals surface area contributed by atoms with Crippen molar-refractivity contribution >= 4 is 21.6 Å². The largest absolute Gasteiger partial charge is 0.310 e. The van der Waals surface area contributed by atoms with Gasteiger partial charge < -0.3 is 5.32 Å². The summed E-state index contributed by atoms with van der Waals surface area (Å²) in [7, 11) is -3.59. The van der Waals surface area contributed by atoms with E-state index in [0.717, 1.165) is 5.56 Å². The van der Waals surface area contributed by atoms with Crippen LogP contribution in [-0.2, 0) is 16.6 Å². The van der Waals surface area contributed by atoms with Gasteiger partial charge in [0.1, 0.15) is 0 Å². The molecule has 0 bridgehead atoms. The van der Waals surface area contributed by atoms with Crippen LogP contribution in [0.4, 0.5) is 0 Å². The quantitative estimate of drug-likeness (QED) is 0.782. The van der Waals surface area contributed by atoms with Crippen LogP contribution in [0.25, 0.3) is 0 Å². The van der Waals surface area contributed by atoms with Crippen LogP contribution in [-0.4, -0.2) is 31.9 Å². The molecule has 1 aromatic carbocycles. The molecule has 0 radical (unpaired) electrons. The Bertz CT molecular complexity index is 648. The van der Waals surface area contributed by atoms with E-state index in [4.69, 9.17) is 18.0 Å². The highest BCUT2D eigenvalue weighted by Crippen LogP contribution is 2.25. The number of nitrogens with one attached hydrogen (secondary N) is 1. The maximum atomic E-state index is 12.4. The third-order valence-electron chi connectivity index (χ3n) is 3.44. The van der Waals surface area contributed by atoms with Crippen molar-refractivity contribution in [2.75, 3.05) is 13.1 Å². The first-order valence-electron chi connectivity index (χ1n) is 6.94. The Labute approximate surface area is 131 Å². The Balaban J connectivity index is 2.19. The first-order chi connectivity index (χ1) is 9.98. The maximum absolute atomic E-state index is 12.4. The maximum Gasteiger partial charge on any atom is 0.243 e. The SMILES string of the molecule is C#CCN(CC)S(=O)(=O)c1ccc(CNC2CC2)c(Cl)c1. The van der Waals surface area contributed by atoms with Crippen LogP contribution in [0, 0.1) is 12.3 Å². The van der Waals surface area contributed by atoms with Crippen LogP contribution >= 0.6 is 11.6 Å². The van der Waals surface area contributed by atoms with E-state index >= 15 is 0 Å². The molecular weight excluding hydrogens is 308 g/mol. The highest BCUT2D eigenvalue weighted by atomic mass is 35.5. The Hall–Kier alpha value is -1.06. The summed E-state index contributed by atoms with van der Waals surface area (Å²) < 4.78 is 26.1. The number of sulfonamides is 1. The molecule has 0 spiro atoms. The van der Waals surface area contributed by atoms with Gasteiger partial charge in [0.15, 0.2) is 0 Å². The lowest BCUT2D eigenvalue weighted by atomic mass is 10.2. The van der Waals surface area contributed by atoms with E-state index < -0.39 is 10.0 Å². The molecule has 6 heteroatoms. The van der Waals surface area contributed by atoms with Crippen LogP contribution < -0.4 is 5.32 Å². The molecule has 1 aliphatic carbocycles. The van der Waals surface area contributed by atoms with Gasteiger partial charge in [0.2, 0.25) is 10.0 Å². The third-order valence-corrected chi connectivity index (χ3v) is 5.71. The Morgan fingerprint density at radius 1 is 1.48 bits per heavy atom. The van der Waals surface area contributed by atoms with Gasteiger partial charge in [-0.25, -0.2) is 8.42 Å². The predicted octanol–water partition coefficient (Wildman–Crippen LogP) is 2.24. The van der Waals surface area contributed by atoms with Crippen molar-refractivity contribution in [1.29, 1.82) is 0 Å². The number of halogens is 1. The predicted molar refractivity (Wildman–Crippen MR) is 84.6 cm³/mol. The molecule has 4 nitrogen and oxygen atoms in total. The summed E-state index contributed by atoms with van der Waals surface area (Å²) in [4.78, 5) is 0.180. The average molecular weight is 327 g/mol. The molecule has 2 rings (SSSR count). The topological polar surface area (TPSA) is 49.4 Å². The van der Waals surface area contributed by atoms with Crippen molar-refractivity contribution in [2.45, 2.75) is 37.2 Å². The van der Waals surface area contributed by atoms with Crippen LogP contribution in [0.1, 0.15) is 25.3 Å². The van der Waals surface area contributed by atoms with Gasteiger partial charge in [-0.15, -0.1) is 6.42 Å². The molecular formula is C15H19ClN2O2S. The lowest BCUT2D eigenvalue weighted by Crippen LogP contribution is -2.31. The minimum absolute atomic E-state index is 0.0570. The molecule has 0 unspecified atom stereocenters. The van der Waals surface area contributed by atoms with Gasteiger partial charge in [0, 0.05) is 24.2 Å². The fraction of sp³-hybridized carbons (Fsp3) is 0.467. The van der Waals surface area contributed by atoms with Gasteiger partial charge in [-0.2, -0.15) is 4.31 Å². The first-order valence-corrected chi connectivity index (χ1v) is 8.76. The number of hydrogen-bond acceptors (Lipinski definition) is 3. The summed E-state index contributed by atoms with van der Waals surface area (Å²) in [5.74, 6) is 2.36. The number of rotatable bonds is 7. The van der Waals surface area contributed by atoms with Gasteiger partial charge in [-0.3, -0.25) is 0 Å². The van der Waals surface area contributed by atoms with Crippen molar-refractivity contribution in [2.24, 2.45) is 0 Å². The van der Waals surface area contributed by atoms with Crippen LogP contribution in [0.5, 0.6) is 0 Å².